The largest absolute Gasteiger partial charge is 0.472 e. The lowest BCUT2D eigenvalue weighted by Gasteiger charge is -2.14. The number of hydrogen-bond donors (Lipinski definition) is 3. The van der Waals surface area contributed by atoms with Crippen molar-refractivity contribution >= 4 is 18.0 Å². The molecular formula is C23H20N2O5. The average Bonchev–Trinajstić information content (AvgIpc) is 3.06. The van der Waals surface area contributed by atoms with Crippen LogP contribution in [0.1, 0.15) is 17.0 Å². The first-order valence-corrected chi connectivity index (χ1v) is 9.31. The molecule has 3 rings (SSSR count). The molecule has 2 aromatic rings. The molecular weight excluding hydrogens is 384 g/mol. The van der Waals surface area contributed by atoms with E-state index in [1.807, 2.05) is 42.3 Å². The molecule has 0 spiro atoms. The monoisotopic (exact) mass is 404 g/mol. The van der Waals surface area contributed by atoms with Gasteiger partial charge in [0.15, 0.2) is 0 Å². The summed E-state index contributed by atoms with van der Waals surface area (Å²) in [5.74, 6) is 2.45. The molecule has 0 aromatic heterocycles. The maximum absolute atomic E-state index is 12.0. The number of fused-ring (bicyclic) bond motifs is 3. The topological polar surface area (TPSA) is 105 Å². The normalized spacial score (nSPS) is 11.7. The van der Waals surface area contributed by atoms with Crippen LogP contribution < -0.4 is 10.6 Å². The van der Waals surface area contributed by atoms with E-state index < -0.39 is 18.0 Å². The van der Waals surface area contributed by atoms with Gasteiger partial charge in [0, 0.05) is 24.5 Å². The quantitative estimate of drug-likeness (QED) is 0.506. The molecule has 0 unspecified atom stereocenters. The third kappa shape index (κ3) is 5.26. The number of ether oxygens (including phenoxy) is 1. The molecule has 0 fully saturated rings. The molecule has 0 atom stereocenters. The Morgan fingerprint density at radius 1 is 1.00 bits per heavy atom. The lowest BCUT2D eigenvalue weighted by molar-refractivity contribution is -0.130. The summed E-state index contributed by atoms with van der Waals surface area (Å²) in [6, 6.07) is 16.2. The van der Waals surface area contributed by atoms with Gasteiger partial charge >= 0.3 is 12.1 Å². The van der Waals surface area contributed by atoms with Crippen molar-refractivity contribution in [2.45, 2.75) is 5.92 Å². The highest BCUT2D eigenvalue weighted by atomic mass is 16.5. The number of rotatable bonds is 6. The van der Waals surface area contributed by atoms with E-state index in [1.165, 1.54) is 12.2 Å². The van der Waals surface area contributed by atoms with Crippen LogP contribution in [0.5, 0.6) is 0 Å². The van der Waals surface area contributed by atoms with E-state index in [4.69, 9.17) is 9.84 Å². The summed E-state index contributed by atoms with van der Waals surface area (Å²) in [4.78, 5) is 33.7. The van der Waals surface area contributed by atoms with Crippen molar-refractivity contribution < 1.29 is 24.2 Å². The van der Waals surface area contributed by atoms with Crippen LogP contribution in [0.4, 0.5) is 4.79 Å². The standard InChI is InChI=1S/C23H20N2O5/c26-21(24-13-6-12-22(27)28)11-5-14-25-23(29)30-15-20-18-9-3-1-7-16(18)17-8-2-4-10-19(17)20/h1-5,7-11,20H,13-15H2,(H,24,26)(H,25,29)(H,27,28)/b11-5+. The molecule has 1 aliphatic rings. The molecule has 0 heterocycles. The highest BCUT2D eigenvalue weighted by Crippen LogP contribution is 2.44. The van der Waals surface area contributed by atoms with Gasteiger partial charge in [-0.1, -0.05) is 60.5 Å². The number of benzene rings is 2. The summed E-state index contributed by atoms with van der Waals surface area (Å²) >= 11 is 0. The van der Waals surface area contributed by atoms with Gasteiger partial charge in [-0.15, -0.1) is 0 Å². The molecule has 152 valence electrons. The predicted molar refractivity (Wildman–Crippen MR) is 111 cm³/mol. The Bertz CT molecular complexity index is 1000. The minimum Gasteiger partial charge on any atom is -0.472 e. The molecule has 0 aliphatic heterocycles. The van der Waals surface area contributed by atoms with E-state index in [1.54, 1.807) is 0 Å². The van der Waals surface area contributed by atoms with Gasteiger partial charge in [-0.25, -0.2) is 9.59 Å². The maximum Gasteiger partial charge on any atom is 0.407 e. The zero-order valence-electron chi connectivity index (χ0n) is 16.1. The van der Waals surface area contributed by atoms with Gasteiger partial charge in [0.25, 0.3) is 0 Å². The third-order valence-electron chi connectivity index (χ3n) is 4.52. The van der Waals surface area contributed by atoms with E-state index >= 15 is 0 Å². The van der Waals surface area contributed by atoms with E-state index in [2.05, 4.69) is 28.7 Å². The Morgan fingerprint density at radius 2 is 1.63 bits per heavy atom. The molecule has 0 bridgehead atoms. The zero-order chi connectivity index (χ0) is 21.3. The number of alkyl carbamates (subject to hydrolysis) is 1. The first-order valence-electron chi connectivity index (χ1n) is 9.31. The van der Waals surface area contributed by atoms with Crippen LogP contribution in [0.3, 0.4) is 0 Å². The van der Waals surface area contributed by atoms with Gasteiger partial charge in [0.2, 0.25) is 5.91 Å². The number of nitrogens with one attached hydrogen (secondary N) is 2. The van der Waals surface area contributed by atoms with Crippen LogP contribution in [-0.2, 0) is 14.3 Å². The molecule has 2 aromatic carbocycles. The number of hydrogen-bond acceptors (Lipinski definition) is 4. The van der Waals surface area contributed by atoms with Crippen molar-refractivity contribution in [3.05, 3.63) is 71.8 Å². The van der Waals surface area contributed by atoms with Crippen LogP contribution in [0.15, 0.2) is 60.7 Å². The second-order valence-electron chi connectivity index (χ2n) is 6.43. The maximum atomic E-state index is 12.0. The Morgan fingerprint density at radius 3 is 2.27 bits per heavy atom. The minimum absolute atomic E-state index is 0.0172. The summed E-state index contributed by atoms with van der Waals surface area (Å²) in [5.41, 5.74) is 4.58. The molecule has 3 N–H and O–H groups in total. The van der Waals surface area contributed by atoms with E-state index in [0.29, 0.717) is 0 Å². The van der Waals surface area contributed by atoms with Gasteiger partial charge in [0.05, 0.1) is 6.54 Å². The molecule has 7 heteroatoms. The molecule has 1 aliphatic carbocycles. The predicted octanol–water partition coefficient (Wildman–Crippen LogP) is 2.29. The number of amides is 2. The van der Waals surface area contributed by atoms with E-state index in [-0.39, 0.29) is 25.6 Å². The second-order valence-corrected chi connectivity index (χ2v) is 6.43. The van der Waals surface area contributed by atoms with Crippen LogP contribution in [-0.4, -0.2) is 42.8 Å². The van der Waals surface area contributed by atoms with Crippen molar-refractivity contribution in [2.75, 3.05) is 19.7 Å². The van der Waals surface area contributed by atoms with Crippen molar-refractivity contribution in [2.24, 2.45) is 0 Å². The van der Waals surface area contributed by atoms with Crippen molar-refractivity contribution in [3.8, 4) is 23.0 Å². The Balaban J connectivity index is 1.45. The second kappa shape index (κ2) is 9.94. The van der Waals surface area contributed by atoms with Crippen LogP contribution >= 0.6 is 0 Å². The summed E-state index contributed by atoms with van der Waals surface area (Å²) < 4.78 is 5.39. The molecule has 30 heavy (non-hydrogen) atoms. The Labute approximate surface area is 173 Å². The zero-order valence-corrected chi connectivity index (χ0v) is 16.1. The molecule has 7 nitrogen and oxygen atoms in total. The van der Waals surface area contributed by atoms with Crippen LogP contribution in [0, 0.1) is 11.8 Å². The Kier molecular flexibility index (Phi) is 6.85. The Hall–Kier alpha value is -4.05. The van der Waals surface area contributed by atoms with Gasteiger partial charge in [-0.3, -0.25) is 4.79 Å². The highest BCUT2D eigenvalue weighted by Gasteiger charge is 2.28. The summed E-state index contributed by atoms with van der Waals surface area (Å²) in [5, 5.41) is 13.3. The smallest absolute Gasteiger partial charge is 0.407 e. The van der Waals surface area contributed by atoms with Gasteiger partial charge in [-0.2, -0.15) is 0 Å². The van der Waals surface area contributed by atoms with E-state index in [0.717, 1.165) is 22.3 Å². The molecule has 0 radical (unpaired) electrons. The molecule has 2 amide bonds. The fourth-order valence-electron chi connectivity index (χ4n) is 3.27. The summed E-state index contributed by atoms with van der Waals surface area (Å²) in [6.07, 6.45) is 2.11. The van der Waals surface area contributed by atoms with Gasteiger partial charge in [-0.05, 0) is 22.3 Å². The van der Waals surface area contributed by atoms with Crippen molar-refractivity contribution in [1.29, 1.82) is 0 Å². The minimum atomic E-state index is -1.26. The number of carbonyl (C=O) groups is 3. The van der Waals surface area contributed by atoms with Crippen LogP contribution in [0.2, 0.25) is 0 Å². The van der Waals surface area contributed by atoms with Crippen molar-refractivity contribution in [3.63, 3.8) is 0 Å². The number of carbonyl (C=O) groups excluding carboxylic acids is 2. The molecule has 0 saturated carbocycles. The first-order chi connectivity index (χ1) is 14.6. The van der Waals surface area contributed by atoms with E-state index in [9.17, 15) is 14.4 Å². The third-order valence-corrected chi connectivity index (χ3v) is 4.52. The van der Waals surface area contributed by atoms with Crippen LogP contribution in [0.25, 0.3) is 11.1 Å². The highest BCUT2D eigenvalue weighted by molar-refractivity contribution is 5.88. The molecule has 0 saturated heterocycles. The average molecular weight is 404 g/mol. The first kappa shape index (κ1) is 20.7. The van der Waals surface area contributed by atoms with Gasteiger partial charge in [0.1, 0.15) is 6.61 Å². The number of carboxylic acids is 1. The summed E-state index contributed by atoms with van der Waals surface area (Å²) in [7, 11) is 0. The number of aliphatic carboxylic acids is 1. The number of carboxylic acid groups (broad SMARTS) is 1. The lowest BCUT2D eigenvalue weighted by Crippen LogP contribution is -2.27. The fraction of sp³-hybridized carbons (Fsp3) is 0.174. The SMILES string of the molecule is O=C(O)C#CCNC(=O)/C=C/CNC(=O)OCC1c2ccccc2-c2ccccc21. The lowest BCUT2D eigenvalue weighted by atomic mass is 9.98. The fourth-order valence-corrected chi connectivity index (χ4v) is 3.27. The van der Waals surface area contributed by atoms with Crippen molar-refractivity contribution in [1.82, 2.24) is 10.6 Å². The summed E-state index contributed by atoms with van der Waals surface area (Å²) in [6.45, 7) is 0.256. The van der Waals surface area contributed by atoms with Gasteiger partial charge < -0.3 is 20.5 Å².